The quantitative estimate of drug-likeness (QED) is 0.378. The van der Waals surface area contributed by atoms with Gasteiger partial charge in [0.2, 0.25) is 0 Å². The van der Waals surface area contributed by atoms with Crippen LogP contribution < -0.4 is 5.56 Å². The number of oxime groups is 1. The van der Waals surface area contributed by atoms with E-state index in [1.807, 2.05) is 49.4 Å². The van der Waals surface area contributed by atoms with Crippen LogP contribution in [0.25, 0.3) is 0 Å². The second-order valence-electron chi connectivity index (χ2n) is 6.54. The number of hydrogen-bond acceptors (Lipinski definition) is 3. The molecule has 1 unspecified atom stereocenters. The van der Waals surface area contributed by atoms with E-state index in [2.05, 4.69) is 16.2 Å². The third kappa shape index (κ3) is 4.29. The molecule has 0 amide bonds. The Hall–Kier alpha value is -2.85. The first kappa shape index (κ1) is 18.9. The van der Waals surface area contributed by atoms with E-state index in [0.29, 0.717) is 28.3 Å². The monoisotopic (exact) mass is 379 g/mol. The molecule has 0 saturated carbocycles. The van der Waals surface area contributed by atoms with Gasteiger partial charge in [-0.15, -0.1) is 0 Å². The van der Waals surface area contributed by atoms with Crippen molar-refractivity contribution in [3.05, 3.63) is 104 Å². The number of nitrogens with zero attached hydrogens (tertiary/aromatic N) is 1. The van der Waals surface area contributed by atoms with E-state index in [4.69, 9.17) is 11.6 Å². The van der Waals surface area contributed by atoms with Gasteiger partial charge in [0.15, 0.2) is 0 Å². The number of rotatable bonds is 5. The van der Waals surface area contributed by atoms with Crippen LogP contribution in [0.2, 0.25) is 5.02 Å². The topological polar surface area (TPSA) is 65.5 Å². The van der Waals surface area contributed by atoms with Crippen LogP contribution in [-0.2, 0) is 0 Å². The Bertz CT molecular complexity index is 1030. The van der Waals surface area contributed by atoms with Crippen molar-refractivity contribution in [3.63, 3.8) is 0 Å². The number of halogens is 1. The van der Waals surface area contributed by atoms with E-state index < -0.39 is 0 Å². The number of pyridine rings is 1. The fraction of sp³-hybridized carbons (Fsp3) is 0.182. The van der Waals surface area contributed by atoms with Crippen molar-refractivity contribution in [1.29, 1.82) is 0 Å². The Morgan fingerprint density at radius 1 is 1.19 bits per heavy atom. The average molecular weight is 380 g/mol. The van der Waals surface area contributed by atoms with Crippen molar-refractivity contribution in [1.82, 2.24) is 4.98 Å². The molecular formula is C22H20ClN2O2. The molecule has 27 heavy (non-hydrogen) atoms. The summed E-state index contributed by atoms with van der Waals surface area (Å²) >= 11 is 6.13. The molecule has 2 aromatic carbocycles. The SMILES string of the molecule is Cc1cc(Cl)ccc1C(C/C(=N\O)c1c[nH]c(=O)c(C)c1)c1cc[c]cc1. The molecule has 0 spiro atoms. The minimum Gasteiger partial charge on any atom is -0.411 e. The molecule has 0 saturated heterocycles. The number of aryl methyl sites for hydroxylation is 2. The number of H-pyrrole nitrogens is 1. The average Bonchev–Trinajstić information content (AvgIpc) is 2.67. The second-order valence-corrected chi connectivity index (χ2v) is 6.97. The Morgan fingerprint density at radius 3 is 2.56 bits per heavy atom. The third-order valence-corrected chi connectivity index (χ3v) is 4.93. The summed E-state index contributed by atoms with van der Waals surface area (Å²) in [5, 5.41) is 13.9. The highest BCUT2D eigenvalue weighted by molar-refractivity contribution is 6.30. The van der Waals surface area contributed by atoms with Crippen molar-refractivity contribution in [3.8, 4) is 0 Å². The smallest absolute Gasteiger partial charge is 0.250 e. The Labute approximate surface area is 163 Å². The molecule has 1 radical (unpaired) electrons. The van der Waals surface area contributed by atoms with Crippen LogP contribution in [0.5, 0.6) is 0 Å². The van der Waals surface area contributed by atoms with Crippen molar-refractivity contribution >= 4 is 17.3 Å². The number of aromatic amines is 1. The van der Waals surface area contributed by atoms with E-state index in [-0.39, 0.29) is 11.5 Å². The molecule has 2 N–H and O–H groups in total. The molecule has 0 aliphatic carbocycles. The minimum absolute atomic E-state index is 0.0324. The maximum atomic E-state index is 11.6. The first-order chi connectivity index (χ1) is 13.0. The first-order valence-electron chi connectivity index (χ1n) is 8.62. The summed E-state index contributed by atoms with van der Waals surface area (Å²) in [6.07, 6.45) is 2.05. The van der Waals surface area contributed by atoms with Crippen LogP contribution >= 0.6 is 11.6 Å². The van der Waals surface area contributed by atoms with Crippen LogP contribution in [0.15, 0.2) is 64.7 Å². The summed E-state index contributed by atoms with van der Waals surface area (Å²) in [4.78, 5) is 14.3. The highest BCUT2D eigenvalue weighted by atomic mass is 35.5. The van der Waals surface area contributed by atoms with Crippen LogP contribution in [0.3, 0.4) is 0 Å². The summed E-state index contributed by atoms with van der Waals surface area (Å²) in [5.41, 5.74) is 4.86. The lowest BCUT2D eigenvalue weighted by Gasteiger charge is -2.21. The summed E-state index contributed by atoms with van der Waals surface area (Å²) < 4.78 is 0. The Balaban J connectivity index is 2.05. The number of hydrogen-bond donors (Lipinski definition) is 2. The zero-order valence-electron chi connectivity index (χ0n) is 15.2. The first-order valence-corrected chi connectivity index (χ1v) is 9.00. The fourth-order valence-corrected chi connectivity index (χ4v) is 3.47. The third-order valence-electron chi connectivity index (χ3n) is 4.69. The predicted octanol–water partition coefficient (Wildman–Crippen LogP) is 4.85. The molecule has 1 atom stereocenters. The van der Waals surface area contributed by atoms with E-state index >= 15 is 0 Å². The molecule has 3 aromatic rings. The van der Waals surface area contributed by atoms with E-state index in [1.54, 1.807) is 19.2 Å². The van der Waals surface area contributed by atoms with Gasteiger partial charge in [-0.25, -0.2) is 0 Å². The fourth-order valence-electron chi connectivity index (χ4n) is 3.24. The van der Waals surface area contributed by atoms with Gasteiger partial charge in [0.05, 0.1) is 5.71 Å². The molecule has 0 bridgehead atoms. The lowest BCUT2D eigenvalue weighted by Crippen LogP contribution is -2.15. The highest BCUT2D eigenvalue weighted by Gasteiger charge is 2.20. The molecule has 1 heterocycles. The predicted molar refractivity (Wildman–Crippen MR) is 108 cm³/mol. The lowest BCUT2D eigenvalue weighted by molar-refractivity contribution is 0.317. The zero-order chi connectivity index (χ0) is 19.4. The zero-order valence-corrected chi connectivity index (χ0v) is 15.9. The normalized spacial score (nSPS) is 12.8. The minimum atomic E-state index is -0.153. The maximum absolute atomic E-state index is 11.6. The van der Waals surface area contributed by atoms with Gasteiger partial charge >= 0.3 is 0 Å². The van der Waals surface area contributed by atoms with Gasteiger partial charge in [-0.2, -0.15) is 0 Å². The van der Waals surface area contributed by atoms with Gasteiger partial charge in [0, 0.05) is 34.7 Å². The molecule has 0 fully saturated rings. The number of benzene rings is 2. The molecule has 5 heteroatoms. The number of nitrogens with one attached hydrogen (secondary N) is 1. The van der Waals surface area contributed by atoms with Gasteiger partial charge in [-0.05, 0) is 54.8 Å². The summed E-state index contributed by atoms with van der Waals surface area (Å²) in [6.45, 7) is 3.74. The molecule has 4 nitrogen and oxygen atoms in total. The second kappa shape index (κ2) is 8.23. The maximum Gasteiger partial charge on any atom is 0.250 e. The number of aromatic nitrogens is 1. The van der Waals surface area contributed by atoms with E-state index in [0.717, 1.165) is 16.7 Å². The van der Waals surface area contributed by atoms with Gasteiger partial charge in [-0.3, -0.25) is 4.79 Å². The lowest BCUT2D eigenvalue weighted by atomic mass is 9.83. The summed E-state index contributed by atoms with van der Waals surface area (Å²) in [6, 6.07) is 18.3. The molecule has 0 aliphatic heterocycles. The van der Waals surface area contributed by atoms with E-state index in [9.17, 15) is 10.0 Å². The van der Waals surface area contributed by atoms with Crippen molar-refractivity contribution < 1.29 is 5.21 Å². The summed E-state index contributed by atoms with van der Waals surface area (Å²) in [7, 11) is 0. The standard InChI is InChI=1S/C22H20ClN2O2/c1-14-11-18(23)8-9-19(14)20(16-6-4-3-5-7-16)12-21(25-27)17-10-15(2)22(26)24-13-17/h4-11,13,20,27H,12H2,1-2H3,(H,24,26)/b25-21+. The van der Waals surface area contributed by atoms with Crippen LogP contribution in [0, 0.1) is 19.9 Å². The van der Waals surface area contributed by atoms with E-state index in [1.165, 1.54) is 0 Å². The van der Waals surface area contributed by atoms with Crippen LogP contribution in [0.1, 0.15) is 40.2 Å². The van der Waals surface area contributed by atoms with Crippen LogP contribution in [0.4, 0.5) is 0 Å². The molecule has 0 aliphatic rings. The molecule has 3 rings (SSSR count). The van der Waals surface area contributed by atoms with Crippen molar-refractivity contribution in [2.45, 2.75) is 26.2 Å². The van der Waals surface area contributed by atoms with Crippen LogP contribution in [-0.4, -0.2) is 15.9 Å². The molecule has 137 valence electrons. The summed E-state index contributed by atoms with van der Waals surface area (Å²) in [5.74, 6) is -0.0324. The van der Waals surface area contributed by atoms with Gasteiger partial charge < -0.3 is 10.2 Å². The Kier molecular flexibility index (Phi) is 5.77. The molecular weight excluding hydrogens is 360 g/mol. The molecule has 1 aromatic heterocycles. The van der Waals surface area contributed by atoms with Gasteiger partial charge in [0.1, 0.15) is 0 Å². The van der Waals surface area contributed by atoms with Gasteiger partial charge in [-0.1, -0.05) is 47.1 Å². The highest BCUT2D eigenvalue weighted by Crippen LogP contribution is 2.32. The van der Waals surface area contributed by atoms with Gasteiger partial charge in [0.25, 0.3) is 5.56 Å². The largest absolute Gasteiger partial charge is 0.411 e. The van der Waals surface area contributed by atoms with Crippen molar-refractivity contribution in [2.75, 3.05) is 0 Å². The Morgan fingerprint density at radius 2 is 1.93 bits per heavy atom. The van der Waals surface area contributed by atoms with Crippen molar-refractivity contribution in [2.24, 2.45) is 5.16 Å².